The molecular weight excluding hydrogens is 470 g/mol. The summed E-state index contributed by atoms with van der Waals surface area (Å²) in [6, 6.07) is 11.2. The molecule has 34 heavy (non-hydrogen) atoms. The molecule has 6 nitrogen and oxygen atoms in total. The Hall–Kier alpha value is -2.77. The van der Waals surface area contributed by atoms with Crippen LogP contribution in [0.25, 0.3) is 6.08 Å². The molecule has 3 amide bonds. The van der Waals surface area contributed by atoms with Crippen LogP contribution in [-0.4, -0.2) is 41.1 Å². The maximum absolute atomic E-state index is 12.9. The molecule has 0 bridgehead atoms. The van der Waals surface area contributed by atoms with Crippen molar-refractivity contribution in [3.8, 4) is 0 Å². The summed E-state index contributed by atoms with van der Waals surface area (Å²) >= 11 is 7.42. The summed E-state index contributed by atoms with van der Waals surface area (Å²) in [5.41, 5.74) is 4.62. The van der Waals surface area contributed by atoms with Crippen molar-refractivity contribution in [2.75, 3.05) is 23.8 Å². The summed E-state index contributed by atoms with van der Waals surface area (Å²) in [6.07, 6.45) is 2.64. The zero-order chi connectivity index (χ0) is 24.8. The van der Waals surface area contributed by atoms with Crippen LogP contribution in [0.3, 0.4) is 0 Å². The van der Waals surface area contributed by atoms with Gasteiger partial charge in [-0.25, -0.2) is 0 Å². The van der Waals surface area contributed by atoms with Crippen molar-refractivity contribution >= 4 is 57.9 Å². The fraction of sp³-hybridized carbons (Fsp3) is 0.346. The summed E-state index contributed by atoms with van der Waals surface area (Å²) in [7, 11) is 2.06. The molecule has 2 aromatic rings. The van der Waals surface area contributed by atoms with Crippen LogP contribution in [0.1, 0.15) is 49.8 Å². The third kappa shape index (κ3) is 4.72. The lowest BCUT2D eigenvalue weighted by Crippen LogP contribution is -2.45. The fourth-order valence-corrected chi connectivity index (χ4v) is 5.52. The lowest BCUT2D eigenvalue weighted by atomic mass is 9.80. The van der Waals surface area contributed by atoms with Gasteiger partial charge in [0, 0.05) is 29.0 Å². The van der Waals surface area contributed by atoms with Crippen LogP contribution in [0.5, 0.6) is 0 Å². The number of hydrogen-bond acceptors (Lipinski definition) is 5. The number of nitrogens with one attached hydrogen (secondary N) is 1. The zero-order valence-electron chi connectivity index (χ0n) is 19.9. The summed E-state index contributed by atoms with van der Waals surface area (Å²) in [5, 5.41) is 2.76. The van der Waals surface area contributed by atoms with Gasteiger partial charge in [-0.05, 0) is 86.3 Å². The van der Waals surface area contributed by atoms with E-state index in [2.05, 4.69) is 38.0 Å². The lowest BCUT2D eigenvalue weighted by Gasteiger charge is -2.45. The van der Waals surface area contributed by atoms with Gasteiger partial charge in [0.1, 0.15) is 6.54 Å². The zero-order valence-corrected chi connectivity index (χ0v) is 21.5. The number of rotatable bonds is 4. The minimum absolute atomic E-state index is 0.0130. The van der Waals surface area contributed by atoms with E-state index in [9.17, 15) is 14.4 Å². The number of hydrogen-bond donors (Lipinski definition) is 1. The molecule has 1 N–H and O–H groups in total. The van der Waals surface area contributed by atoms with Crippen molar-refractivity contribution in [1.29, 1.82) is 0 Å². The molecular formula is C26H28ClN3O3S. The number of benzene rings is 2. The minimum Gasteiger partial charge on any atom is -0.369 e. The molecule has 2 aliphatic rings. The largest absolute Gasteiger partial charge is 0.369 e. The molecule has 2 aliphatic heterocycles. The predicted molar refractivity (Wildman–Crippen MR) is 139 cm³/mol. The Morgan fingerprint density at radius 3 is 2.59 bits per heavy atom. The number of imide groups is 1. The number of anilines is 2. The summed E-state index contributed by atoms with van der Waals surface area (Å²) in [6.45, 7) is 8.21. The molecule has 0 spiro atoms. The molecule has 178 valence electrons. The number of amides is 3. The smallest absolute Gasteiger partial charge is 0.294 e. The number of carbonyl (C=O) groups excluding carboxylic acids is 3. The van der Waals surface area contributed by atoms with Gasteiger partial charge in [0.05, 0.1) is 4.91 Å². The van der Waals surface area contributed by atoms with E-state index in [-0.39, 0.29) is 17.0 Å². The van der Waals surface area contributed by atoms with E-state index >= 15 is 0 Å². The van der Waals surface area contributed by atoms with Gasteiger partial charge in [-0.2, -0.15) is 0 Å². The van der Waals surface area contributed by atoms with Crippen molar-refractivity contribution in [1.82, 2.24) is 4.90 Å². The molecule has 1 saturated heterocycles. The van der Waals surface area contributed by atoms with Crippen LogP contribution >= 0.6 is 23.4 Å². The fourth-order valence-electron chi connectivity index (χ4n) is 4.47. The van der Waals surface area contributed by atoms with E-state index in [0.29, 0.717) is 22.2 Å². The first kappa shape index (κ1) is 24.4. The molecule has 0 aromatic heterocycles. The summed E-state index contributed by atoms with van der Waals surface area (Å²) in [5.74, 6) is -0.598. The molecule has 4 rings (SSSR count). The minimum atomic E-state index is -0.492. The van der Waals surface area contributed by atoms with Crippen LogP contribution in [0.15, 0.2) is 41.3 Å². The molecule has 1 unspecified atom stereocenters. The SMILES string of the molecule is Cc1ccc(NC(=O)CN2C(=O)S/C(=C\c3cc4c(cc3Cl)N(C)C(C)(C)CC4C)C2=O)cc1. The van der Waals surface area contributed by atoms with Crippen LogP contribution in [0, 0.1) is 6.92 Å². The highest BCUT2D eigenvalue weighted by Crippen LogP contribution is 2.45. The highest BCUT2D eigenvalue weighted by molar-refractivity contribution is 8.18. The van der Waals surface area contributed by atoms with E-state index in [1.165, 1.54) is 0 Å². The molecule has 2 heterocycles. The van der Waals surface area contributed by atoms with Gasteiger partial charge in [0.2, 0.25) is 5.91 Å². The van der Waals surface area contributed by atoms with Gasteiger partial charge in [0.25, 0.3) is 11.1 Å². The Bertz CT molecular complexity index is 1210. The Morgan fingerprint density at radius 1 is 1.24 bits per heavy atom. The third-order valence-corrected chi connectivity index (χ3v) is 7.78. The Morgan fingerprint density at radius 2 is 1.91 bits per heavy atom. The quantitative estimate of drug-likeness (QED) is 0.521. The maximum Gasteiger partial charge on any atom is 0.294 e. The number of carbonyl (C=O) groups is 3. The van der Waals surface area contributed by atoms with Gasteiger partial charge < -0.3 is 10.2 Å². The first-order valence-corrected chi connectivity index (χ1v) is 12.3. The average Bonchev–Trinajstić information content (AvgIpc) is 3.02. The summed E-state index contributed by atoms with van der Waals surface area (Å²) in [4.78, 5) is 41.3. The Labute approximate surface area is 209 Å². The molecule has 1 atom stereocenters. The van der Waals surface area contributed by atoms with E-state index in [1.807, 2.05) is 31.2 Å². The van der Waals surface area contributed by atoms with Crippen LogP contribution in [0.4, 0.5) is 16.2 Å². The Balaban J connectivity index is 1.54. The summed E-state index contributed by atoms with van der Waals surface area (Å²) < 4.78 is 0. The molecule has 2 aromatic carbocycles. The van der Waals surface area contributed by atoms with Crippen molar-refractivity contribution in [2.45, 2.75) is 45.6 Å². The molecule has 8 heteroatoms. The molecule has 0 saturated carbocycles. The van der Waals surface area contributed by atoms with Crippen LogP contribution in [0.2, 0.25) is 5.02 Å². The monoisotopic (exact) mass is 497 g/mol. The van der Waals surface area contributed by atoms with Gasteiger partial charge in [-0.15, -0.1) is 0 Å². The second kappa shape index (κ2) is 9.12. The van der Waals surface area contributed by atoms with Gasteiger partial charge in [0.15, 0.2) is 0 Å². The second-order valence-corrected chi connectivity index (χ2v) is 11.0. The Kier molecular flexibility index (Phi) is 6.53. The van der Waals surface area contributed by atoms with Gasteiger partial charge >= 0.3 is 0 Å². The first-order chi connectivity index (χ1) is 16.0. The lowest BCUT2D eigenvalue weighted by molar-refractivity contribution is -0.127. The van der Waals surface area contributed by atoms with E-state index in [1.54, 1.807) is 18.2 Å². The molecule has 1 fully saturated rings. The number of aryl methyl sites for hydroxylation is 1. The number of thioether (sulfide) groups is 1. The van der Waals surface area contributed by atoms with E-state index in [4.69, 9.17) is 11.6 Å². The normalized spacial score (nSPS) is 20.6. The second-order valence-electron chi connectivity index (χ2n) is 9.59. The molecule has 0 radical (unpaired) electrons. The predicted octanol–water partition coefficient (Wildman–Crippen LogP) is 6.05. The number of nitrogens with zero attached hydrogens (tertiary/aromatic N) is 2. The van der Waals surface area contributed by atoms with Crippen molar-refractivity contribution < 1.29 is 14.4 Å². The van der Waals surface area contributed by atoms with Gasteiger partial charge in [-0.3, -0.25) is 19.3 Å². The van der Waals surface area contributed by atoms with E-state index < -0.39 is 17.1 Å². The maximum atomic E-state index is 12.9. The van der Waals surface area contributed by atoms with Crippen molar-refractivity contribution in [3.05, 3.63) is 63.0 Å². The third-order valence-electron chi connectivity index (χ3n) is 6.55. The number of halogens is 1. The van der Waals surface area contributed by atoms with E-state index in [0.717, 1.165) is 39.9 Å². The highest BCUT2D eigenvalue weighted by atomic mass is 35.5. The van der Waals surface area contributed by atoms with Crippen LogP contribution in [-0.2, 0) is 9.59 Å². The van der Waals surface area contributed by atoms with Crippen LogP contribution < -0.4 is 10.2 Å². The highest BCUT2D eigenvalue weighted by Gasteiger charge is 2.37. The van der Waals surface area contributed by atoms with Crippen molar-refractivity contribution in [3.63, 3.8) is 0 Å². The first-order valence-electron chi connectivity index (χ1n) is 11.2. The molecule has 0 aliphatic carbocycles. The van der Waals surface area contributed by atoms with Crippen molar-refractivity contribution in [2.24, 2.45) is 0 Å². The standard InChI is InChI=1S/C26H28ClN3O3S/c1-15-6-8-18(9-7-15)28-23(31)14-30-24(32)22(34-25(30)33)11-17-10-19-16(2)13-26(3,4)29(5)21(19)12-20(17)27/h6-12,16H,13-14H2,1-5H3,(H,28,31)/b22-11-. The van der Waals surface area contributed by atoms with Gasteiger partial charge in [-0.1, -0.05) is 36.2 Å². The topological polar surface area (TPSA) is 69.7 Å². The number of fused-ring (bicyclic) bond motifs is 1. The average molecular weight is 498 g/mol.